The minimum Gasteiger partial charge on any atom is -0.452 e. The molecule has 0 N–H and O–H groups in total. The third-order valence-corrected chi connectivity index (χ3v) is 2.26. The number of hydrogen-bond donors (Lipinski definition) is 0. The van der Waals surface area contributed by atoms with Crippen LogP contribution in [0.2, 0.25) is 10.0 Å². The molecular formula is C9H9Cl2NO2. The van der Waals surface area contributed by atoms with E-state index in [1.165, 1.54) is 12.0 Å². The van der Waals surface area contributed by atoms with Gasteiger partial charge in [-0.1, -0.05) is 23.2 Å². The van der Waals surface area contributed by atoms with Crippen LogP contribution < -0.4 is 4.90 Å². The van der Waals surface area contributed by atoms with Crippen LogP contribution in [0.1, 0.15) is 0 Å². The zero-order chi connectivity index (χ0) is 10.7. The zero-order valence-corrected chi connectivity index (χ0v) is 9.26. The van der Waals surface area contributed by atoms with Crippen molar-refractivity contribution in [1.29, 1.82) is 0 Å². The molecule has 1 amide bonds. The quantitative estimate of drug-likeness (QED) is 0.746. The maximum absolute atomic E-state index is 11.2. The van der Waals surface area contributed by atoms with E-state index in [0.717, 1.165) is 0 Å². The average Bonchev–Trinajstić information content (AvgIpc) is 2.15. The first-order valence-electron chi connectivity index (χ1n) is 3.83. The van der Waals surface area contributed by atoms with Crippen LogP contribution in [-0.2, 0) is 4.74 Å². The van der Waals surface area contributed by atoms with Gasteiger partial charge in [0.15, 0.2) is 0 Å². The number of anilines is 1. The summed E-state index contributed by atoms with van der Waals surface area (Å²) < 4.78 is 4.55. The predicted molar refractivity (Wildman–Crippen MR) is 57.3 cm³/mol. The van der Waals surface area contributed by atoms with Crippen LogP contribution in [-0.4, -0.2) is 20.3 Å². The molecule has 1 rings (SSSR count). The van der Waals surface area contributed by atoms with E-state index in [2.05, 4.69) is 4.74 Å². The van der Waals surface area contributed by atoms with Gasteiger partial charge in [-0.25, -0.2) is 4.79 Å². The molecule has 0 spiro atoms. The van der Waals surface area contributed by atoms with Crippen molar-refractivity contribution < 1.29 is 9.53 Å². The van der Waals surface area contributed by atoms with E-state index in [0.29, 0.717) is 15.7 Å². The lowest BCUT2D eigenvalue weighted by molar-refractivity contribution is 0.180. The molecule has 0 radical (unpaired) electrons. The van der Waals surface area contributed by atoms with Crippen molar-refractivity contribution in [3.8, 4) is 0 Å². The van der Waals surface area contributed by atoms with Gasteiger partial charge in [0.2, 0.25) is 0 Å². The largest absolute Gasteiger partial charge is 0.452 e. The molecule has 0 saturated carbocycles. The summed E-state index contributed by atoms with van der Waals surface area (Å²) in [6.07, 6.45) is -0.478. The fourth-order valence-electron chi connectivity index (χ4n) is 0.989. The van der Waals surface area contributed by atoms with Crippen molar-refractivity contribution in [2.75, 3.05) is 19.1 Å². The van der Waals surface area contributed by atoms with Crippen LogP contribution in [0.25, 0.3) is 0 Å². The Kier molecular flexibility index (Phi) is 3.61. The normalized spacial score (nSPS) is 9.71. The molecule has 0 aliphatic heterocycles. The minimum absolute atomic E-state index is 0.408. The fraction of sp³-hybridized carbons (Fsp3) is 0.222. The number of rotatable bonds is 1. The summed E-state index contributed by atoms with van der Waals surface area (Å²) in [5.74, 6) is 0. The van der Waals surface area contributed by atoms with Gasteiger partial charge < -0.3 is 4.74 Å². The van der Waals surface area contributed by atoms with E-state index in [9.17, 15) is 4.79 Å². The van der Waals surface area contributed by atoms with Gasteiger partial charge in [-0.05, 0) is 18.2 Å². The van der Waals surface area contributed by atoms with Crippen LogP contribution in [0.3, 0.4) is 0 Å². The number of benzene rings is 1. The van der Waals surface area contributed by atoms with Gasteiger partial charge in [0.1, 0.15) is 0 Å². The molecule has 0 fully saturated rings. The Labute approximate surface area is 92.2 Å². The van der Waals surface area contributed by atoms with Gasteiger partial charge in [-0.15, -0.1) is 0 Å². The van der Waals surface area contributed by atoms with Crippen molar-refractivity contribution in [3.63, 3.8) is 0 Å². The maximum atomic E-state index is 11.2. The Bertz CT molecular complexity index is 355. The summed E-state index contributed by atoms with van der Waals surface area (Å²) in [5.41, 5.74) is 0.558. The third kappa shape index (κ3) is 2.30. The van der Waals surface area contributed by atoms with E-state index in [1.807, 2.05) is 0 Å². The van der Waals surface area contributed by atoms with E-state index < -0.39 is 6.09 Å². The molecule has 0 bridgehead atoms. The molecule has 0 atom stereocenters. The predicted octanol–water partition coefficient (Wildman–Crippen LogP) is 3.20. The topological polar surface area (TPSA) is 29.5 Å². The van der Waals surface area contributed by atoms with Crippen LogP contribution in [0, 0.1) is 0 Å². The van der Waals surface area contributed by atoms with E-state index in [4.69, 9.17) is 23.2 Å². The second kappa shape index (κ2) is 4.53. The lowest BCUT2D eigenvalue weighted by atomic mass is 10.3. The smallest absolute Gasteiger partial charge is 0.413 e. The van der Waals surface area contributed by atoms with Crippen LogP contribution in [0.15, 0.2) is 18.2 Å². The molecule has 0 heterocycles. The number of halogens is 2. The summed E-state index contributed by atoms with van der Waals surface area (Å²) in [5, 5.41) is 0.933. The van der Waals surface area contributed by atoms with E-state index >= 15 is 0 Å². The zero-order valence-electron chi connectivity index (χ0n) is 7.75. The molecule has 1 aromatic rings. The Hall–Kier alpha value is -0.930. The molecule has 0 aliphatic rings. The fourth-order valence-corrected chi connectivity index (χ4v) is 1.52. The number of carbonyl (C=O) groups is 1. The second-order valence-corrected chi connectivity index (χ2v) is 3.47. The van der Waals surface area contributed by atoms with Gasteiger partial charge in [-0.3, -0.25) is 4.90 Å². The number of ether oxygens (including phenoxy) is 1. The Morgan fingerprint density at radius 2 is 2.07 bits per heavy atom. The van der Waals surface area contributed by atoms with Gasteiger partial charge in [-0.2, -0.15) is 0 Å². The Morgan fingerprint density at radius 3 is 2.57 bits per heavy atom. The highest BCUT2D eigenvalue weighted by molar-refractivity contribution is 6.36. The first-order valence-corrected chi connectivity index (χ1v) is 4.58. The van der Waals surface area contributed by atoms with E-state index in [-0.39, 0.29) is 0 Å². The Morgan fingerprint density at radius 1 is 1.43 bits per heavy atom. The molecule has 0 aliphatic carbocycles. The summed E-state index contributed by atoms with van der Waals surface area (Å²) >= 11 is 11.6. The SMILES string of the molecule is COC(=O)N(C)c1ccc(Cl)cc1Cl. The number of carbonyl (C=O) groups excluding carboxylic acids is 1. The first kappa shape index (κ1) is 11.1. The minimum atomic E-state index is -0.478. The van der Waals surface area contributed by atoms with Crippen molar-refractivity contribution in [2.24, 2.45) is 0 Å². The monoisotopic (exact) mass is 233 g/mol. The standard InChI is InChI=1S/C9H9Cl2NO2/c1-12(9(13)14-2)8-4-3-6(10)5-7(8)11/h3-5H,1-2H3. The summed E-state index contributed by atoms with van der Waals surface area (Å²) in [4.78, 5) is 12.5. The number of amides is 1. The number of methoxy groups -OCH3 is 1. The molecule has 0 saturated heterocycles. The highest BCUT2D eigenvalue weighted by atomic mass is 35.5. The number of nitrogens with zero attached hydrogens (tertiary/aromatic N) is 1. The first-order chi connectivity index (χ1) is 6.56. The highest BCUT2D eigenvalue weighted by Gasteiger charge is 2.13. The van der Waals surface area contributed by atoms with Crippen LogP contribution >= 0.6 is 23.2 Å². The third-order valence-electron chi connectivity index (χ3n) is 1.72. The van der Waals surface area contributed by atoms with Crippen molar-refractivity contribution in [1.82, 2.24) is 0 Å². The average molecular weight is 234 g/mol. The van der Waals surface area contributed by atoms with Gasteiger partial charge >= 0.3 is 6.09 Å². The second-order valence-electron chi connectivity index (χ2n) is 2.62. The highest BCUT2D eigenvalue weighted by Crippen LogP contribution is 2.28. The summed E-state index contributed by atoms with van der Waals surface area (Å²) in [6.45, 7) is 0. The lowest BCUT2D eigenvalue weighted by Crippen LogP contribution is -2.26. The summed E-state index contributed by atoms with van der Waals surface area (Å²) in [7, 11) is 2.88. The van der Waals surface area contributed by atoms with Gasteiger partial charge in [0.25, 0.3) is 0 Å². The number of hydrogen-bond acceptors (Lipinski definition) is 2. The van der Waals surface area contributed by atoms with Crippen molar-refractivity contribution >= 4 is 35.0 Å². The molecule has 3 nitrogen and oxygen atoms in total. The van der Waals surface area contributed by atoms with Crippen molar-refractivity contribution in [3.05, 3.63) is 28.2 Å². The molecule has 76 valence electrons. The van der Waals surface area contributed by atoms with E-state index in [1.54, 1.807) is 25.2 Å². The maximum Gasteiger partial charge on any atom is 0.413 e. The molecule has 5 heteroatoms. The van der Waals surface area contributed by atoms with Gasteiger partial charge in [0, 0.05) is 12.1 Å². The lowest BCUT2D eigenvalue weighted by Gasteiger charge is -2.16. The Balaban J connectivity index is 3.01. The molecule has 0 unspecified atom stereocenters. The van der Waals surface area contributed by atoms with Crippen molar-refractivity contribution in [2.45, 2.75) is 0 Å². The summed E-state index contributed by atoms with van der Waals surface area (Å²) in [6, 6.07) is 4.88. The van der Waals surface area contributed by atoms with Gasteiger partial charge in [0.05, 0.1) is 17.8 Å². The van der Waals surface area contributed by atoms with Crippen LogP contribution in [0.5, 0.6) is 0 Å². The molecule has 14 heavy (non-hydrogen) atoms. The molecular weight excluding hydrogens is 225 g/mol. The molecule has 0 aromatic heterocycles. The molecule has 1 aromatic carbocycles. The van der Waals surface area contributed by atoms with Crippen LogP contribution in [0.4, 0.5) is 10.5 Å².